The molecule has 2 heterocycles. The van der Waals surface area contributed by atoms with Crippen molar-refractivity contribution in [3.8, 4) is 0 Å². The lowest BCUT2D eigenvalue weighted by Gasteiger charge is -2.25. The number of benzene rings is 2. The third-order valence-electron chi connectivity index (χ3n) is 4.61. The first kappa shape index (κ1) is 18.0. The van der Waals surface area contributed by atoms with E-state index in [1.807, 2.05) is 42.5 Å². The van der Waals surface area contributed by atoms with Crippen LogP contribution >= 0.6 is 11.6 Å². The number of nitrogens with zero attached hydrogens (tertiary/aromatic N) is 1. The minimum absolute atomic E-state index is 0.300. The highest BCUT2D eigenvalue weighted by molar-refractivity contribution is 7.89. The Balaban J connectivity index is 1.51. The predicted molar refractivity (Wildman–Crippen MR) is 107 cm³/mol. The summed E-state index contributed by atoms with van der Waals surface area (Å²) in [4.78, 5) is 0.300. The van der Waals surface area contributed by atoms with Crippen LogP contribution in [0.5, 0.6) is 0 Å². The number of sulfonamides is 1. The number of rotatable bonds is 4. The second kappa shape index (κ2) is 7.35. The van der Waals surface area contributed by atoms with E-state index >= 15 is 0 Å². The standard InChI is InChI=1S/C21H18ClNO3S/c22-19-3-1-2-17(14-19)5-4-16-6-8-20(9-7-16)27(24,25)23-12-10-21-18(15-23)11-13-26-21/h1-9,11,13-14H,10,12,15H2/b5-4-. The maximum atomic E-state index is 12.9. The molecule has 0 aliphatic carbocycles. The van der Waals surface area contributed by atoms with E-state index in [1.165, 1.54) is 4.31 Å². The molecular weight excluding hydrogens is 382 g/mol. The summed E-state index contributed by atoms with van der Waals surface area (Å²) in [6.45, 7) is 0.782. The van der Waals surface area contributed by atoms with Gasteiger partial charge in [-0.25, -0.2) is 8.42 Å². The van der Waals surface area contributed by atoms with Crippen LogP contribution < -0.4 is 0 Å². The third-order valence-corrected chi connectivity index (χ3v) is 6.70. The first-order valence-corrected chi connectivity index (χ1v) is 10.4. The molecule has 0 saturated heterocycles. The smallest absolute Gasteiger partial charge is 0.243 e. The van der Waals surface area contributed by atoms with Crippen LogP contribution in [0.4, 0.5) is 0 Å². The van der Waals surface area contributed by atoms with Crippen LogP contribution in [-0.4, -0.2) is 19.3 Å². The average molecular weight is 400 g/mol. The van der Waals surface area contributed by atoms with Crippen molar-refractivity contribution in [2.75, 3.05) is 6.54 Å². The molecule has 4 rings (SSSR count). The Morgan fingerprint density at radius 1 is 1.00 bits per heavy atom. The second-order valence-corrected chi connectivity index (χ2v) is 8.79. The number of furan rings is 1. The first-order chi connectivity index (χ1) is 13.0. The fraction of sp³-hybridized carbons (Fsp3) is 0.143. The second-order valence-electron chi connectivity index (χ2n) is 6.41. The molecule has 0 unspecified atom stereocenters. The van der Waals surface area contributed by atoms with Crippen LogP contribution in [0.3, 0.4) is 0 Å². The van der Waals surface area contributed by atoms with Crippen molar-refractivity contribution in [1.29, 1.82) is 0 Å². The summed E-state index contributed by atoms with van der Waals surface area (Å²) < 4.78 is 32.7. The van der Waals surface area contributed by atoms with Gasteiger partial charge in [-0.1, -0.05) is 48.0 Å². The molecule has 0 fully saturated rings. The minimum Gasteiger partial charge on any atom is -0.469 e. The van der Waals surface area contributed by atoms with Crippen molar-refractivity contribution >= 4 is 33.8 Å². The fourth-order valence-electron chi connectivity index (χ4n) is 3.13. The molecule has 0 bridgehead atoms. The highest BCUT2D eigenvalue weighted by Crippen LogP contribution is 2.26. The molecule has 0 atom stereocenters. The van der Waals surface area contributed by atoms with E-state index in [2.05, 4.69) is 0 Å². The highest BCUT2D eigenvalue weighted by atomic mass is 35.5. The molecule has 0 saturated carbocycles. The van der Waals surface area contributed by atoms with Crippen molar-refractivity contribution in [3.05, 3.63) is 88.3 Å². The van der Waals surface area contributed by atoms with Crippen LogP contribution in [0, 0.1) is 0 Å². The topological polar surface area (TPSA) is 50.5 Å². The van der Waals surface area contributed by atoms with Gasteiger partial charge < -0.3 is 4.42 Å². The van der Waals surface area contributed by atoms with Crippen molar-refractivity contribution in [3.63, 3.8) is 0 Å². The van der Waals surface area contributed by atoms with Gasteiger partial charge in [0.2, 0.25) is 10.0 Å². The number of hydrogen-bond donors (Lipinski definition) is 0. The molecule has 3 aromatic rings. The molecule has 138 valence electrons. The normalized spacial score (nSPS) is 15.1. The quantitative estimate of drug-likeness (QED) is 0.589. The number of halogens is 1. The minimum atomic E-state index is -3.52. The summed E-state index contributed by atoms with van der Waals surface area (Å²) in [5.74, 6) is 0.878. The Bertz CT molecular complexity index is 1080. The zero-order valence-electron chi connectivity index (χ0n) is 14.5. The fourth-order valence-corrected chi connectivity index (χ4v) is 4.75. The molecular formula is C21H18ClNO3S. The zero-order valence-corrected chi connectivity index (χ0v) is 16.1. The molecule has 0 amide bonds. The molecule has 1 aliphatic rings. The molecule has 0 spiro atoms. The summed E-state index contributed by atoms with van der Waals surface area (Å²) in [7, 11) is -3.52. The first-order valence-electron chi connectivity index (χ1n) is 8.61. The monoisotopic (exact) mass is 399 g/mol. The van der Waals surface area contributed by atoms with Gasteiger partial charge in [0.05, 0.1) is 11.2 Å². The molecule has 0 radical (unpaired) electrons. The summed E-state index contributed by atoms with van der Waals surface area (Å²) in [5.41, 5.74) is 2.85. The maximum absolute atomic E-state index is 12.9. The van der Waals surface area contributed by atoms with E-state index in [9.17, 15) is 8.42 Å². The molecule has 1 aromatic heterocycles. The Morgan fingerprint density at radius 2 is 1.78 bits per heavy atom. The van der Waals surface area contributed by atoms with E-state index in [0.717, 1.165) is 22.5 Å². The Labute approximate surface area is 163 Å². The summed E-state index contributed by atoms with van der Waals surface area (Å²) in [6.07, 6.45) is 6.09. The van der Waals surface area contributed by atoms with Gasteiger partial charge in [0, 0.05) is 30.1 Å². The zero-order chi connectivity index (χ0) is 18.9. The Kier molecular flexibility index (Phi) is 4.91. The van der Waals surface area contributed by atoms with E-state index < -0.39 is 10.0 Å². The van der Waals surface area contributed by atoms with Crippen LogP contribution in [-0.2, 0) is 23.0 Å². The summed E-state index contributed by atoms with van der Waals surface area (Å²) in [6, 6.07) is 16.3. The molecule has 27 heavy (non-hydrogen) atoms. The maximum Gasteiger partial charge on any atom is 0.243 e. The summed E-state index contributed by atoms with van der Waals surface area (Å²) >= 11 is 5.98. The van der Waals surface area contributed by atoms with E-state index in [-0.39, 0.29) is 0 Å². The Hall–Kier alpha value is -2.34. The predicted octanol–water partition coefficient (Wildman–Crippen LogP) is 4.85. The van der Waals surface area contributed by atoms with Gasteiger partial charge >= 0.3 is 0 Å². The molecule has 1 aliphatic heterocycles. The van der Waals surface area contributed by atoms with Gasteiger partial charge in [0.25, 0.3) is 0 Å². The van der Waals surface area contributed by atoms with E-state index in [1.54, 1.807) is 30.5 Å². The molecule has 0 N–H and O–H groups in total. The van der Waals surface area contributed by atoms with E-state index in [0.29, 0.717) is 29.4 Å². The van der Waals surface area contributed by atoms with Gasteiger partial charge in [-0.15, -0.1) is 0 Å². The van der Waals surface area contributed by atoms with Gasteiger partial charge in [-0.05, 0) is 41.5 Å². The van der Waals surface area contributed by atoms with Crippen molar-refractivity contribution in [2.45, 2.75) is 17.9 Å². The Morgan fingerprint density at radius 3 is 2.56 bits per heavy atom. The van der Waals surface area contributed by atoms with Crippen LogP contribution in [0.2, 0.25) is 5.02 Å². The average Bonchev–Trinajstić information content (AvgIpc) is 3.15. The number of fused-ring (bicyclic) bond motifs is 1. The van der Waals surface area contributed by atoms with Gasteiger partial charge in [0.1, 0.15) is 5.76 Å². The van der Waals surface area contributed by atoms with E-state index in [4.69, 9.17) is 16.0 Å². The summed E-state index contributed by atoms with van der Waals surface area (Å²) in [5, 5.41) is 0.681. The largest absolute Gasteiger partial charge is 0.469 e. The van der Waals surface area contributed by atoms with Crippen molar-refractivity contribution in [1.82, 2.24) is 4.31 Å². The lowest BCUT2D eigenvalue weighted by Crippen LogP contribution is -2.35. The van der Waals surface area contributed by atoms with Crippen molar-refractivity contribution < 1.29 is 12.8 Å². The van der Waals surface area contributed by atoms with Gasteiger partial charge in [-0.3, -0.25) is 0 Å². The van der Waals surface area contributed by atoms with Crippen molar-refractivity contribution in [2.24, 2.45) is 0 Å². The SMILES string of the molecule is O=S(=O)(c1ccc(/C=C\c2cccc(Cl)c2)cc1)N1CCc2occc2C1. The molecule has 6 heteroatoms. The van der Waals surface area contributed by atoms with Gasteiger partial charge in [0.15, 0.2) is 0 Å². The molecule has 4 nitrogen and oxygen atoms in total. The van der Waals surface area contributed by atoms with Crippen LogP contribution in [0.15, 0.2) is 70.2 Å². The highest BCUT2D eigenvalue weighted by Gasteiger charge is 2.29. The van der Waals surface area contributed by atoms with Gasteiger partial charge in [-0.2, -0.15) is 4.31 Å². The lowest BCUT2D eigenvalue weighted by atomic mass is 10.1. The lowest BCUT2D eigenvalue weighted by molar-refractivity contribution is 0.362. The van der Waals surface area contributed by atoms with Crippen LogP contribution in [0.1, 0.15) is 22.5 Å². The van der Waals surface area contributed by atoms with Crippen LogP contribution in [0.25, 0.3) is 12.2 Å². The molecule has 2 aromatic carbocycles. The third kappa shape index (κ3) is 3.86. The number of hydrogen-bond acceptors (Lipinski definition) is 3.